The van der Waals surface area contributed by atoms with Crippen molar-refractivity contribution < 1.29 is 14.7 Å². The first-order valence-electron chi connectivity index (χ1n) is 18.0. The third-order valence-corrected chi connectivity index (χ3v) is 11.8. The molecule has 5 aromatic rings. The maximum atomic E-state index is 13.7. The Kier molecular flexibility index (Phi) is 12.4. The van der Waals surface area contributed by atoms with E-state index in [1.54, 1.807) is 0 Å². The SMILES string of the molecule is CC(C)[C@H](NC(=O)O)C(=O)N1CC2(CC2)C[C@H]1c1ncc(-c2ccc3cc(-c4ccc(-c5cnc([C@H]6N[C@@H]7CC[C@H]6C7)[nH]5)cc4)ccc3c2)[nH]1.Cl.Cl.Cl.Cl. The standard InChI is InChI=1S/C40H43N7O3.4ClH/c1-22(2)34(46-39(49)50)38(48)47-21-40(13-14-40)18-33(47)36-41-20-32(44-36)28-10-9-26-15-25(7-8-27(26)16-28)23-3-5-24(6-4-23)31-19-42-37(45-31)35-29-11-12-30(17-29)43-35;;;;/h3-10,15-16,19-20,22,29-30,33-35,43,46H,11-14,17-18,21H2,1-2H3,(H,41,44)(H,42,45)(H,49,50);4*1H/t29-,30+,33-,34-,35-;;;;/m0..../s1. The molecule has 4 fully saturated rings. The van der Waals surface area contributed by atoms with Crippen LogP contribution in [0.5, 0.6) is 0 Å². The normalized spacial score (nSPS) is 22.2. The minimum atomic E-state index is -1.18. The molecule has 0 radical (unpaired) electrons. The predicted octanol–water partition coefficient (Wildman–Crippen LogP) is 9.13. The number of piperidine rings is 1. The van der Waals surface area contributed by atoms with Crippen molar-refractivity contribution in [1.29, 1.82) is 0 Å². The number of aromatic nitrogens is 4. The number of carbonyl (C=O) groups excluding carboxylic acids is 1. The Bertz CT molecular complexity index is 2120. The summed E-state index contributed by atoms with van der Waals surface area (Å²) in [5.41, 5.74) is 6.55. The number of benzene rings is 3. The molecular weight excluding hydrogens is 768 g/mol. The maximum Gasteiger partial charge on any atom is 0.405 e. The topological polar surface area (TPSA) is 139 Å². The third-order valence-electron chi connectivity index (χ3n) is 11.8. The van der Waals surface area contributed by atoms with E-state index >= 15 is 0 Å². The van der Waals surface area contributed by atoms with Gasteiger partial charge in [0.05, 0.1) is 35.9 Å². The zero-order valence-corrected chi connectivity index (χ0v) is 33.3. The summed E-state index contributed by atoms with van der Waals surface area (Å²) in [4.78, 5) is 43.6. The second kappa shape index (κ2) is 16.1. The van der Waals surface area contributed by atoms with E-state index in [9.17, 15) is 14.7 Å². The predicted molar refractivity (Wildman–Crippen MR) is 221 cm³/mol. The van der Waals surface area contributed by atoms with E-state index in [0.29, 0.717) is 24.5 Å². The van der Waals surface area contributed by atoms with Crippen LogP contribution in [0.1, 0.15) is 76.1 Å². The molecule has 288 valence electrons. The number of fused-ring (bicyclic) bond motifs is 3. The van der Waals surface area contributed by atoms with Gasteiger partial charge in [0.25, 0.3) is 0 Å². The molecular formula is C40H47Cl4N7O3. The highest BCUT2D eigenvalue weighted by Crippen LogP contribution is 2.58. The van der Waals surface area contributed by atoms with Crippen molar-refractivity contribution in [2.24, 2.45) is 17.3 Å². The minimum Gasteiger partial charge on any atom is -0.465 e. The Labute approximate surface area is 339 Å². The lowest BCUT2D eigenvalue weighted by molar-refractivity contribution is -0.135. The summed E-state index contributed by atoms with van der Waals surface area (Å²) in [6, 6.07) is 21.7. The van der Waals surface area contributed by atoms with Crippen molar-refractivity contribution in [2.45, 2.75) is 76.5 Å². The summed E-state index contributed by atoms with van der Waals surface area (Å²) in [5, 5.41) is 17.9. The molecule has 4 heterocycles. The molecule has 2 amide bonds. The molecule has 1 spiro atoms. The van der Waals surface area contributed by atoms with Crippen molar-refractivity contribution in [2.75, 3.05) is 6.54 Å². The molecule has 5 N–H and O–H groups in total. The Morgan fingerprint density at radius 2 is 1.41 bits per heavy atom. The molecule has 2 bridgehead atoms. The molecule has 0 unspecified atom stereocenters. The third kappa shape index (κ3) is 7.69. The van der Waals surface area contributed by atoms with Crippen molar-refractivity contribution in [3.63, 3.8) is 0 Å². The summed E-state index contributed by atoms with van der Waals surface area (Å²) < 4.78 is 0. The van der Waals surface area contributed by atoms with Crippen LogP contribution in [0.25, 0.3) is 44.4 Å². The lowest BCUT2D eigenvalue weighted by Crippen LogP contribution is -2.51. The highest BCUT2D eigenvalue weighted by atomic mass is 35.5. The number of hydrogen-bond acceptors (Lipinski definition) is 5. The van der Waals surface area contributed by atoms with E-state index in [0.717, 1.165) is 75.3 Å². The second-order valence-corrected chi connectivity index (χ2v) is 15.5. The van der Waals surface area contributed by atoms with Crippen molar-refractivity contribution in [1.82, 2.24) is 35.5 Å². The molecule has 3 aromatic carbocycles. The van der Waals surface area contributed by atoms with Crippen LogP contribution in [0, 0.1) is 17.3 Å². The quantitative estimate of drug-likeness (QED) is 0.106. The fraction of sp³-hybridized carbons (Fsp3) is 0.400. The molecule has 10 nitrogen and oxygen atoms in total. The average Bonchev–Trinajstić information content (AvgIpc) is 3.76. The number of halogens is 4. The van der Waals surface area contributed by atoms with Gasteiger partial charge in [-0.3, -0.25) is 4.79 Å². The molecule has 2 aliphatic carbocycles. The number of rotatable bonds is 8. The molecule has 2 saturated carbocycles. The Balaban J connectivity index is 0.00000140. The van der Waals surface area contributed by atoms with E-state index < -0.39 is 12.1 Å². The smallest absolute Gasteiger partial charge is 0.405 e. The van der Waals surface area contributed by atoms with Crippen LogP contribution in [0.15, 0.2) is 73.1 Å². The van der Waals surface area contributed by atoms with Gasteiger partial charge in [-0.15, -0.1) is 49.6 Å². The summed E-state index contributed by atoms with van der Waals surface area (Å²) in [6.45, 7) is 4.38. The average molecular weight is 816 g/mol. The van der Waals surface area contributed by atoms with Crippen LogP contribution in [-0.2, 0) is 4.79 Å². The van der Waals surface area contributed by atoms with Gasteiger partial charge in [-0.2, -0.15) is 0 Å². The largest absolute Gasteiger partial charge is 0.465 e. The number of nitrogens with one attached hydrogen (secondary N) is 4. The molecule has 14 heteroatoms. The van der Waals surface area contributed by atoms with E-state index in [1.165, 1.54) is 19.3 Å². The van der Waals surface area contributed by atoms with E-state index in [4.69, 9.17) is 9.97 Å². The van der Waals surface area contributed by atoms with Gasteiger partial charge < -0.3 is 30.6 Å². The second-order valence-electron chi connectivity index (χ2n) is 15.5. The van der Waals surface area contributed by atoms with Gasteiger partial charge in [0.15, 0.2) is 0 Å². The highest BCUT2D eigenvalue weighted by Gasteiger charge is 2.55. The highest BCUT2D eigenvalue weighted by molar-refractivity contribution is 5.91. The van der Waals surface area contributed by atoms with Crippen LogP contribution < -0.4 is 10.6 Å². The van der Waals surface area contributed by atoms with E-state index in [-0.39, 0.29) is 72.9 Å². The first-order valence-corrected chi connectivity index (χ1v) is 18.0. The number of nitrogens with zero attached hydrogens (tertiary/aromatic N) is 3. The Morgan fingerprint density at radius 1 is 0.815 bits per heavy atom. The Morgan fingerprint density at radius 3 is 2.02 bits per heavy atom. The minimum absolute atomic E-state index is 0. The molecule has 9 rings (SSSR count). The molecule has 5 atom stereocenters. The zero-order valence-electron chi connectivity index (χ0n) is 30.1. The number of H-pyrrole nitrogens is 2. The van der Waals surface area contributed by atoms with Crippen LogP contribution >= 0.6 is 49.6 Å². The van der Waals surface area contributed by atoms with E-state index in [1.807, 2.05) is 31.1 Å². The number of aromatic amines is 2. The first kappa shape index (κ1) is 41.4. The van der Waals surface area contributed by atoms with Crippen LogP contribution in [0.2, 0.25) is 0 Å². The van der Waals surface area contributed by atoms with Crippen LogP contribution in [0.4, 0.5) is 4.79 Å². The number of imidazole rings is 2. The number of carboxylic acid groups (broad SMARTS) is 1. The number of likely N-dealkylation sites (tertiary alicyclic amines) is 1. The summed E-state index contributed by atoms with van der Waals surface area (Å²) >= 11 is 0. The summed E-state index contributed by atoms with van der Waals surface area (Å²) in [5.74, 6) is 2.17. The van der Waals surface area contributed by atoms with Gasteiger partial charge in [0.2, 0.25) is 5.91 Å². The monoisotopic (exact) mass is 813 g/mol. The van der Waals surface area contributed by atoms with E-state index in [2.05, 4.69) is 81.3 Å². The number of carbonyl (C=O) groups is 2. The van der Waals surface area contributed by atoms with Gasteiger partial charge in [-0.1, -0.05) is 62.4 Å². The first-order chi connectivity index (χ1) is 24.2. The van der Waals surface area contributed by atoms with Crippen LogP contribution in [-0.4, -0.2) is 60.6 Å². The van der Waals surface area contributed by atoms with Gasteiger partial charge in [-0.05, 0) is 95.4 Å². The van der Waals surface area contributed by atoms with Gasteiger partial charge in [0.1, 0.15) is 17.7 Å². The molecule has 2 aromatic heterocycles. The molecule has 4 aliphatic rings. The molecule has 2 aliphatic heterocycles. The van der Waals surface area contributed by atoms with Gasteiger partial charge >= 0.3 is 6.09 Å². The number of amides is 2. The molecule has 2 saturated heterocycles. The fourth-order valence-electron chi connectivity index (χ4n) is 8.79. The summed E-state index contributed by atoms with van der Waals surface area (Å²) in [6.07, 6.45) is 9.49. The van der Waals surface area contributed by atoms with Crippen molar-refractivity contribution in [3.05, 3.63) is 84.7 Å². The Hall–Kier alpha value is -3.80. The lowest BCUT2D eigenvalue weighted by atomic mass is 9.98. The van der Waals surface area contributed by atoms with Gasteiger partial charge in [0, 0.05) is 18.2 Å². The van der Waals surface area contributed by atoms with Crippen molar-refractivity contribution >= 4 is 72.4 Å². The lowest BCUT2D eigenvalue weighted by Gasteiger charge is -2.29. The zero-order chi connectivity index (χ0) is 34.1. The fourth-order valence-corrected chi connectivity index (χ4v) is 8.79. The summed E-state index contributed by atoms with van der Waals surface area (Å²) in [7, 11) is 0. The van der Waals surface area contributed by atoms with Crippen molar-refractivity contribution in [3.8, 4) is 33.6 Å². The maximum absolute atomic E-state index is 13.7. The van der Waals surface area contributed by atoms with Gasteiger partial charge in [-0.25, -0.2) is 14.8 Å². The molecule has 54 heavy (non-hydrogen) atoms. The van der Waals surface area contributed by atoms with Crippen LogP contribution in [0.3, 0.4) is 0 Å². The number of hydrogen-bond donors (Lipinski definition) is 5.